The molecule has 1 aromatic rings. The molecular weight excluding hydrogens is 212 g/mol. The number of phenolic OH excluding ortho intramolecular Hbond substituents is 1. The minimum absolute atomic E-state index is 0.0419. The van der Waals surface area contributed by atoms with Gasteiger partial charge in [-0.3, -0.25) is 0 Å². The fraction of sp³-hybridized carbons (Fsp3) is 0.600. The molecule has 0 amide bonds. The van der Waals surface area contributed by atoms with Crippen LogP contribution < -0.4 is 4.74 Å². The van der Waals surface area contributed by atoms with E-state index in [0.29, 0.717) is 11.2 Å². The van der Waals surface area contributed by atoms with Crippen LogP contribution in [0.15, 0.2) is 12.1 Å². The summed E-state index contributed by atoms with van der Waals surface area (Å²) in [5.41, 5.74) is 2.55. The maximum Gasteiger partial charge on any atom is 0.124 e. The van der Waals surface area contributed by atoms with Crippen LogP contribution >= 0.6 is 0 Å². The van der Waals surface area contributed by atoms with Crippen molar-refractivity contribution in [3.8, 4) is 11.5 Å². The number of fused-ring (bicyclic) bond motifs is 3. The van der Waals surface area contributed by atoms with Gasteiger partial charge in [-0.15, -0.1) is 0 Å². The standard InChI is InChI=1S/C15H18O2/c1-9-5-13-10(6-12(9)16)7-15(17-13)4-3-11-8-14(11,15)2/h5-6,11,16H,3-4,7-8H2,1-2H3/t11-,14+,15-/m0/s1. The van der Waals surface area contributed by atoms with E-state index in [4.69, 9.17) is 4.74 Å². The van der Waals surface area contributed by atoms with Crippen molar-refractivity contribution in [2.75, 3.05) is 0 Å². The molecule has 1 aliphatic heterocycles. The van der Waals surface area contributed by atoms with Gasteiger partial charge >= 0.3 is 0 Å². The van der Waals surface area contributed by atoms with Gasteiger partial charge in [0.2, 0.25) is 0 Å². The molecule has 0 unspecified atom stereocenters. The van der Waals surface area contributed by atoms with Crippen LogP contribution in [-0.2, 0) is 6.42 Å². The van der Waals surface area contributed by atoms with Crippen LogP contribution in [0, 0.1) is 18.3 Å². The van der Waals surface area contributed by atoms with Crippen LogP contribution in [0.4, 0.5) is 0 Å². The molecule has 1 heterocycles. The van der Waals surface area contributed by atoms with Crippen molar-refractivity contribution in [3.63, 3.8) is 0 Å². The molecule has 1 N–H and O–H groups in total. The molecule has 0 bridgehead atoms. The van der Waals surface area contributed by atoms with Crippen molar-refractivity contribution in [1.82, 2.24) is 0 Å². The summed E-state index contributed by atoms with van der Waals surface area (Å²) in [6, 6.07) is 3.90. The van der Waals surface area contributed by atoms with E-state index < -0.39 is 0 Å². The fourth-order valence-electron chi connectivity index (χ4n) is 4.08. The number of hydrogen-bond acceptors (Lipinski definition) is 2. The highest BCUT2D eigenvalue weighted by Gasteiger charge is 2.70. The number of phenols is 1. The first-order chi connectivity index (χ1) is 8.04. The van der Waals surface area contributed by atoms with Crippen LogP contribution in [0.2, 0.25) is 0 Å². The van der Waals surface area contributed by atoms with E-state index in [1.165, 1.54) is 24.8 Å². The Labute approximate surface area is 102 Å². The van der Waals surface area contributed by atoms with Crippen LogP contribution in [0.5, 0.6) is 11.5 Å². The molecule has 0 radical (unpaired) electrons. The van der Waals surface area contributed by atoms with E-state index in [-0.39, 0.29) is 5.60 Å². The Balaban J connectivity index is 1.78. The molecule has 2 heteroatoms. The molecule has 17 heavy (non-hydrogen) atoms. The molecule has 4 rings (SSSR count). The van der Waals surface area contributed by atoms with Crippen molar-refractivity contribution in [3.05, 3.63) is 23.3 Å². The smallest absolute Gasteiger partial charge is 0.124 e. The first kappa shape index (κ1) is 9.81. The van der Waals surface area contributed by atoms with E-state index in [9.17, 15) is 5.11 Å². The summed E-state index contributed by atoms with van der Waals surface area (Å²) in [6.45, 7) is 4.31. The Hall–Kier alpha value is -1.18. The molecule has 3 atom stereocenters. The SMILES string of the molecule is Cc1cc2c(cc1O)C[C@]1(CC[C@H]3C[C@]31C)O2. The van der Waals surface area contributed by atoms with Crippen LogP contribution in [0.25, 0.3) is 0 Å². The van der Waals surface area contributed by atoms with E-state index in [0.717, 1.165) is 23.7 Å². The predicted octanol–water partition coefficient (Wildman–Crippen LogP) is 3.19. The average molecular weight is 230 g/mol. The molecule has 2 aliphatic carbocycles. The summed E-state index contributed by atoms with van der Waals surface area (Å²) < 4.78 is 6.34. The van der Waals surface area contributed by atoms with Gasteiger partial charge in [-0.2, -0.15) is 0 Å². The summed E-state index contributed by atoms with van der Waals surface area (Å²) in [4.78, 5) is 0. The van der Waals surface area contributed by atoms with Gasteiger partial charge in [-0.05, 0) is 49.8 Å². The average Bonchev–Trinajstić information content (AvgIpc) is 2.71. The Bertz CT molecular complexity index is 487. The third kappa shape index (κ3) is 1.02. The molecule has 1 spiro atoms. The number of aryl methyl sites for hydroxylation is 1. The highest BCUT2D eigenvalue weighted by atomic mass is 16.5. The fourth-order valence-corrected chi connectivity index (χ4v) is 4.08. The van der Waals surface area contributed by atoms with Gasteiger partial charge in [-0.1, -0.05) is 6.92 Å². The van der Waals surface area contributed by atoms with Gasteiger partial charge in [0.25, 0.3) is 0 Å². The lowest BCUT2D eigenvalue weighted by Crippen LogP contribution is -2.40. The third-order valence-electron chi connectivity index (χ3n) is 5.51. The first-order valence-corrected chi connectivity index (χ1v) is 6.56. The van der Waals surface area contributed by atoms with E-state index >= 15 is 0 Å². The van der Waals surface area contributed by atoms with Crippen molar-refractivity contribution < 1.29 is 9.84 Å². The van der Waals surface area contributed by atoms with Gasteiger partial charge in [0, 0.05) is 17.4 Å². The minimum Gasteiger partial charge on any atom is -0.508 e. The maximum atomic E-state index is 9.80. The zero-order valence-corrected chi connectivity index (χ0v) is 10.4. The summed E-state index contributed by atoms with van der Waals surface area (Å²) in [6.07, 6.45) is 4.81. The molecule has 2 saturated carbocycles. The number of rotatable bonds is 0. The minimum atomic E-state index is 0.0419. The van der Waals surface area contributed by atoms with Gasteiger partial charge in [0.1, 0.15) is 17.1 Å². The zero-order chi connectivity index (χ0) is 11.8. The normalized spacial score (nSPS) is 41.2. The summed E-state index contributed by atoms with van der Waals surface area (Å²) in [5.74, 6) is 2.29. The lowest BCUT2D eigenvalue weighted by molar-refractivity contribution is 0.0334. The monoisotopic (exact) mass is 230 g/mol. The predicted molar refractivity (Wildman–Crippen MR) is 65.4 cm³/mol. The Morgan fingerprint density at radius 3 is 2.88 bits per heavy atom. The van der Waals surface area contributed by atoms with E-state index in [1.54, 1.807) is 0 Å². The number of ether oxygens (including phenoxy) is 1. The number of aromatic hydroxyl groups is 1. The topological polar surface area (TPSA) is 29.5 Å². The Morgan fingerprint density at radius 2 is 2.24 bits per heavy atom. The van der Waals surface area contributed by atoms with Crippen molar-refractivity contribution >= 4 is 0 Å². The van der Waals surface area contributed by atoms with Gasteiger partial charge < -0.3 is 9.84 Å². The summed E-state index contributed by atoms with van der Waals surface area (Å²) >= 11 is 0. The van der Waals surface area contributed by atoms with Crippen LogP contribution in [0.3, 0.4) is 0 Å². The highest BCUT2D eigenvalue weighted by Crippen LogP contribution is 2.71. The molecule has 0 aromatic heterocycles. The van der Waals surface area contributed by atoms with Crippen molar-refractivity contribution in [2.45, 2.75) is 45.1 Å². The van der Waals surface area contributed by atoms with E-state index in [2.05, 4.69) is 6.92 Å². The molecule has 1 aromatic carbocycles. The summed E-state index contributed by atoms with van der Waals surface area (Å²) in [7, 11) is 0. The van der Waals surface area contributed by atoms with Crippen molar-refractivity contribution in [2.24, 2.45) is 11.3 Å². The second-order valence-corrected chi connectivity index (χ2v) is 6.38. The molecule has 2 fully saturated rings. The van der Waals surface area contributed by atoms with Crippen LogP contribution in [-0.4, -0.2) is 10.7 Å². The van der Waals surface area contributed by atoms with E-state index in [1.807, 2.05) is 19.1 Å². The lowest BCUT2D eigenvalue weighted by Gasteiger charge is -2.31. The van der Waals surface area contributed by atoms with Crippen molar-refractivity contribution in [1.29, 1.82) is 0 Å². The van der Waals surface area contributed by atoms with Crippen LogP contribution in [0.1, 0.15) is 37.3 Å². The number of benzene rings is 1. The first-order valence-electron chi connectivity index (χ1n) is 6.56. The second kappa shape index (κ2) is 2.63. The Morgan fingerprint density at radius 1 is 1.41 bits per heavy atom. The lowest BCUT2D eigenvalue weighted by atomic mass is 9.83. The molecule has 90 valence electrons. The second-order valence-electron chi connectivity index (χ2n) is 6.38. The number of hydrogen-bond donors (Lipinski definition) is 1. The molecule has 2 nitrogen and oxygen atoms in total. The molecule has 0 saturated heterocycles. The quantitative estimate of drug-likeness (QED) is 0.741. The van der Waals surface area contributed by atoms with Gasteiger partial charge in [-0.25, -0.2) is 0 Å². The third-order valence-corrected chi connectivity index (χ3v) is 5.51. The Kier molecular flexibility index (Phi) is 1.52. The molecular formula is C15H18O2. The zero-order valence-electron chi connectivity index (χ0n) is 10.4. The van der Waals surface area contributed by atoms with Gasteiger partial charge in [0.05, 0.1) is 0 Å². The van der Waals surface area contributed by atoms with Gasteiger partial charge in [0.15, 0.2) is 0 Å². The summed E-state index contributed by atoms with van der Waals surface area (Å²) in [5, 5.41) is 9.80. The molecule has 3 aliphatic rings. The maximum absolute atomic E-state index is 9.80. The largest absolute Gasteiger partial charge is 0.508 e. The highest BCUT2D eigenvalue weighted by molar-refractivity contribution is 5.50.